The summed E-state index contributed by atoms with van der Waals surface area (Å²) in [6.45, 7) is -0.284. The van der Waals surface area contributed by atoms with Gasteiger partial charge >= 0.3 is 11.9 Å². The maximum absolute atomic E-state index is 12.0. The number of ether oxygens (including phenoxy) is 4. The summed E-state index contributed by atoms with van der Waals surface area (Å²) in [6.07, 6.45) is 1.34. The molecular weight excluding hydrogens is 430 g/mol. The van der Waals surface area contributed by atoms with Crippen molar-refractivity contribution >= 4 is 33.9 Å². The molecule has 0 aliphatic carbocycles. The van der Waals surface area contributed by atoms with Gasteiger partial charge in [-0.25, -0.2) is 9.59 Å². The molecule has 0 N–H and O–H groups in total. The minimum absolute atomic E-state index is 0.169. The lowest BCUT2D eigenvalue weighted by Crippen LogP contribution is -2.18. The van der Waals surface area contributed by atoms with E-state index in [0.717, 1.165) is 4.47 Å². The Balaban J connectivity index is 2.08. The minimum atomic E-state index is -0.748. The number of hydrogen-bond donors (Lipinski definition) is 0. The van der Waals surface area contributed by atoms with Crippen molar-refractivity contribution < 1.29 is 28.5 Å². The highest BCUT2D eigenvalue weighted by molar-refractivity contribution is 9.10. The maximum Gasteiger partial charge on any atom is 0.349 e. The molecule has 0 atom stereocenters. The average molecular weight is 446 g/mol. The molecule has 144 valence electrons. The van der Waals surface area contributed by atoms with Gasteiger partial charge in [0.25, 0.3) is 0 Å². The lowest BCUT2D eigenvalue weighted by Gasteiger charge is -2.11. The molecule has 0 heterocycles. The van der Waals surface area contributed by atoms with E-state index in [1.807, 2.05) is 0 Å². The Morgan fingerprint density at radius 1 is 1.11 bits per heavy atom. The Morgan fingerprint density at radius 2 is 1.82 bits per heavy atom. The quantitative estimate of drug-likeness (QED) is 0.278. The van der Waals surface area contributed by atoms with Crippen molar-refractivity contribution in [3.05, 3.63) is 58.1 Å². The maximum atomic E-state index is 12.0. The molecule has 7 nitrogen and oxygen atoms in total. The second-order valence-electron chi connectivity index (χ2n) is 5.29. The number of rotatable bonds is 7. The smallest absolute Gasteiger partial charge is 0.349 e. The Kier molecular flexibility index (Phi) is 7.60. The molecule has 2 aromatic rings. The van der Waals surface area contributed by atoms with E-state index in [1.165, 1.54) is 32.4 Å². The fourth-order valence-corrected chi connectivity index (χ4v) is 2.36. The molecular formula is C20H16BrNO6. The summed E-state index contributed by atoms with van der Waals surface area (Å²) in [4.78, 5) is 23.5. The highest BCUT2D eigenvalue weighted by Crippen LogP contribution is 2.29. The van der Waals surface area contributed by atoms with Crippen LogP contribution in [0.5, 0.6) is 17.2 Å². The van der Waals surface area contributed by atoms with Crippen LogP contribution in [0.4, 0.5) is 0 Å². The monoisotopic (exact) mass is 445 g/mol. The van der Waals surface area contributed by atoms with Gasteiger partial charge in [-0.1, -0.05) is 22.0 Å². The van der Waals surface area contributed by atoms with Gasteiger partial charge in [-0.2, -0.15) is 5.26 Å². The second kappa shape index (κ2) is 10.1. The van der Waals surface area contributed by atoms with Crippen LogP contribution in [0.2, 0.25) is 0 Å². The first-order chi connectivity index (χ1) is 13.5. The van der Waals surface area contributed by atoms with Crippen LogP contribution in [-0.4, -0.2) is 32.8 Å². The van der Waals surface area contributed by atoms with Gasteiger partial charge in [0.05, 0.1) is 14.2 Å². The van der Waals surface area contributed by atoms with Crippen LogP contribution in [0.1, 0.15) is 5.56 Å². The highest BCUT2D eigenvalue weighted by atomic mass is 79.9. The van der Waals surface area contributed by atoms with Crippen molar-refractivity contribution in [2.45, 2.75) is 0 Å². The number of nitrogens with zero attached hydrogens (tertiary/aromatic N) is 1. The summed E-state index contributed by atoms with van der Waals surface area (Å²) in [6, 6.07) is 13.4. The molecule has 0 aliphatic heterocycles. The van der Waals surface area contributed by atoms with Gasteiger partial charge in [0.15, 0.2) is 18.1 Å². The zero-order chi connectivity index (χ0) is 20.5. The average Bonchev–Trinajstić information content (AvgIpc) is 2.71. The summed E-state index contributed by atoms with van der Waals surface area (Å²) < 4.78 is 21.3. The fraction of sp³-hybridized carbons (Fsp3) is 0.150. The van der Waals surface area contributed by atoms with Crippen molar-refractivity contribution in [1.29, 1.82) is 5.26 Å². The molecule has 0 aromatic heterocycles. The third kappa shape index (κ3) is 5.86. The Labute approximate surface area is 170 Å². The van der Waals surface area contributed by atoms with Crippen LogP contribution >= 0.6 is 15.9 Å². The Hall–Kier alpha value is -3.31. The van der Waals surface area contributed by atoms with Crippen LogP contribution in [0, 0.1) is 11.3 Å². The van der Waals surface area contributed by atoms with Crippen LogP contribution in [0.25, 0.3) is 6.08 Å². The molecule has 0 saturated carbocycles. The van der Waals surface area contributed by atoms with Gasteiger partial charge in [-0.15, -0.1) is 0 Å². The summed E-state index contributed by atoms with van der Waals surface area (Å²) in [7, 11) is 2.59. The zero-order valence-electron chi connectivity index (χ0n) is 15.1. The van der Waals surface area contributed by atoms with E-state index in [9.17, 15) is 9.59 Å². The molecule has 0 spiro atoms. The Morgan fingerprint density at radius 3 is 2.43 bits per heavy atom. The van der Waals surface area contributed by atoms with Crippen LogP contribution in [0.3, 0.4) is 0 Å². The molecule has 0 radical (unpaired) electrons. The van der Waals surface area contributed by atoms with Crippen molar-refractivity contribution in [2.75, 3.05) is 20.8 Å². The number of methoxy groups -OCH3 is 2. The van der Waals surface area contributed by atoms with E-state index in [4.69, 9.17) is 19.5 Å². The fourth-order valence-electron chi connectivity index (χ4n) is 2.10. The highest BCUT2D eigenvalue weighted by Gasteiger charge is 2.13. The molecule has 28 heavy (non-hydrogen) atoms. The molecule has 0 fully saturated rings. The summed E-state index contributed by atoms with van der Waals surface area (Å²) in [5.41, 5.74) is 0.335. The van der Waals surface area contributed by atoms with Gasteiger partial charge in [0.1, 0.15) is 17.4 Å². The molecule has 8 heteroatoms. The van der Waals surface area contributed by atoms with Gasteiger partial charge in [-0.05, 0) is 48.0 Å². The molecule has 0 unspecified atom stereocenters. The minimum Gasteiger partial charge on any atom is -0.493 e. The normalized spacial score (nSPS) is 10.6. The van der Waals surface area contributed by atoms with Crippen molar-refractivity contribution in [1.82, 2.24) is 0 Å². The molecule has 0 aliphatic rings. The van der Waals surface area contributed by atoms with Gasteiger partial charge in [0.2, 0.25) is 0 Å². The third-order valence-corrected chi connectivity index (χ3v) is 3.95. The molecule has 0 saturated heterocycles. The SMILES string of the molecule is COC(=O)/C(C#N)=C/c1ccc(OC(=O)COc2ccc(Br)cc2)c(OC)c1. The molecule has 0 bridgehead atoms. The number of hydrogen-bond acceptors (Lipinski definition) is 7. The van der Waals surface area contributed by atoms with Gasteiger partial charge in [-0.3, -0.25) is 0 Å². The summed E-state index contributed by atoms with van der Waals surface area (Å²) in [5, 5.41) is 9.02. The number of nitriles is 1. The number of carbonyl (C=O) groups is 2. The first-order valence-electron chi connectivity index (χ1n) is 7.94. The van der Waals surface area contributed by atoms with E-state index in [2.05, 4.69) is 20.7 Å². The largest absolute Gasteiger partial charge is 0.493 e. The predicted octanol–water partition coefficient (Wildman–Crippen LogP) is 3.52. The zero-order valence-corrected chi connectivity index (χ0v) is 16.7. The molecule has 2 aromatic carbocycles. The number of halogens is 1. The van der Waals surface area contributed by atoms with Crippen molar-refractivity contribution in [3.63, 3.8) is 0 Å². The van der Waals surface area contributed by atoms with E-state index >= 15 is 0 Å². The summed E-state index contributed by atoms with van der Waals surface area (Å²) >= 11 is 3.31. The Bertz CT molecular complexity index is 931. The molecule has 2 rings (SSSR count). The lowest BCUT2D eigenvalue weighted by atomic mass is 10.1. The van der Waals surface area contributed by atoms with E-state index in [0.29, 0.717) is 11.3 Å². The molecule has 0 amide bonds. The number of esters is 2. The predicted molar refractivity (Wildman–Crippen MR) is 104 cm³/mol. The standard InChI is InChI=1S/C20H16BrNO6/c1-25-18-10-13(9-14(11-22)20(24)26-2)3-8-17(18)28-19(23)12-27-16-6-4-15(21)5-7-16/h3-10H,12H2,1-2H3/b14-9+. The third-order valence-electron chi connectivity index (χ3n) is 3.42. The van der Waals surface area contributed by atoms with Crippen molar-refractivity contribution in [3.8, 4) is 23.3 Å². The lowest BCUT2D eigenvalue weighted by molar-refractivity contribution is -0.137. The first kappa shape index (κ1) is 21.0. The summed E-state index contributed by atoms with van der Waals surface area (Å²) in [5.74, 6) is -0.396. The number of carbonyl (C=O) groups excluding carboxylic acids is 2. The van der Waals surface area contributed by atoms with Crippen LogP contribution in [0.15, 0.2) is 52.5 Å². The van der Waals surface area contributed by atoms with Gasteiger partial charge in [0, 0.05) is 4.47 Å². The van der Waals surface area contributed by atoms with Crippen LogP contribution < -0.4 is 14.2 Å². The van der Waals surface area contributed by atoms with Crippen LogP contribution in [-0.2, 0) is 14.3 Å². The topological polar surface area (TPSA) is 94.9 Å². The number of benzene rings is 2. The van der Waals surface area contributed by atoms with E-state index in [1.54, 1.807) is 36.4 Å². The first-order valence-corrected chi connectivity index (χ1v) is 8.73. The van der Waals surface area contributed by atoms with Crippen molar-refractivity contribution in [2.24, 2.45) is 0 Å². The van der Waals surface area contributed by atoms with E-state index < -0.39 is 11.9 Å². The second-order valence-corrected chi connectivity index (χ2v) is 6.20. The van der Waals surface area contributed by atoms with Gasteiger partial charge < -0.3 is 18.9 Å². The van der Waals surface area contributed by atoms with E-state index in [-0.39, 0.29) is 23.7 Å².